The van der Waals surface area contributed by atoms with Gasteiger partial charge in [0.1, 0.15) is 0 Å². The van der Waals surface area contributed by atoms with E-state index in [1.54, 1.807) is 0 Å². The molecule has 0 spiro atoms. The van der Waals surface area contributed by atoms with E-state index >= 15 is 0 Å². The van der Waals surface area contributed by atoms with Gasteiger partial charge in [0.25, 0.3) is 5.91 Å². The first-order chi connectivity index (χ1) is 11.8. The van der Waals surface area contributed by atoms with Crippen LogP contribution in [0.15, 0.2) is 18.2 Å². The Morgan fingerprint density at radius 3 is 2.28 bits per heavy atom. The van der Waals surface area contributed by atoms with Crippen LogP contribution in [0.25, 0.3) is 0 Å². The maximum Gasteiger partial charge on any atom is 0.278 e. The fourth-order valence-electron chi connectivity index (χ4n) is 3.89. The zero-order valence-corrected chi connectivity index (χ0v) is 16.1. The second kappa shape index (κ2) is 8.48. The van der Waals surface area contributed by atoms with Gasteiger partial charge in [-0.3, -0.25) is 9.59 Å². The largest absolute Gasteiger partial charge is 0.342 e. The number of piperidine rings is 1. The van der Waals surface area contributed by atoms with Gasteiger partial charge in [-0.1, -0.05) is 32.0 Å². The van der Waals surface area contributed by atoms with Crippen molar-refractivity contribution in [2.45, 2.75) is 47.1 Å². The van der Waals surface area contributed by atoms with Crippen LogP contribution in [-0.4, -0.2) is 37.5 Å². The topological polar surface area (TPSA) is 62.6 Å². The Hall–Kier alpha value is -1.88. The molecule has 3 N–H and O–H groups in total. The third-order valence-electron chi connectivity index (χ3n) is 5.20. The lowest BCUT2D eigenvalue weighted by Gasteiger charge is -2.35. The Balaban J connectivity index is 1.85. The first kappa shape index (κ1) is 19.4. The normalized spacial score (nSPS) is 24.4. The standard InChI is InChI=1S/C20H31N3O2/c1-13-9-14(2)12-23(11-13)17(5)20(25)21-10-18(24)22-19-15(3)7-6-8-16(19)4/h6-8,13-14,17H,9-12H2,1-5H3,(H,21,25)(H,22,24)/p+1/t13-,14-,17-/m0/s1. The van der Waals surface area contributed by atoms with Crippen molar-refractivity contribution in [3.63, 3.8) is 0 Å². The van der Waals surface area contributed by atoms with Crippen LogP contribution >= 0.6 is 0 Å². The highest BCUT2D eigenvalue weighted by atomic mass is 16.2. The van der Waals surface area contributed by atoms with E-state index in [0.717, 1.165) is 29.9 Å². The fourth-order valence-corrected chi connectivity index (χ4v) is 3.89. The number of anilines is 1. The highest BCUT2D eigenvalue weighted by molar-refractivity contribution is 5.96. The Kier molecular flexibility index (Phi) is 6.59. The molecule has 0 aliphatic carbocycles. The molecule has 1 saturated heterocycles. The summed E-state index contributed by atoms with van der Waals surface area (Å²) in [4.78, 5) is 25.9. The Morgan fingerprint density at radius 2 is 1.72 bits per heavy atom. The number of quaternary nitrogens is 1. The Morgan fingerprint density at radius 1 is 1.16 bits per heavy atom. The molecule has 1 fully saturated rings. The first-order valence-corrected chi connectivity index (χ1v) is 9.26. The van der Waals surface area contributed by atoms with E-state index in [0.29, 0.717) is 11.8 Å². The molecule has 0 aromatic heterocycles. The lowest BCUT2D eigenvalue weighted by atomic mass is 9.91. The van der Waals surface area contributed by atoms with E-state index in [9.17, 15) is 9.59 Å². The van der Waals surface area contributed by atoms with Crippen LogP contribution in [-0.2, 0) is 9.59 Å². The average Bonchev–Trinajstić information content (AvgIpc) is 2.54. The maximum atomic E-state index is 12.4. The monoisotopic (exact) mass is 346 g/mol. The molecule has 5 nitrogen and oxygen atoms in total. The minimum absolute atomic E-state index is 0.00926. The summed E-state index contributed by atoms with van der Waals surface area (Å²) >= 11 is 0. The number of benzene rings is 1. The van der Waals surface area contributed by atoms with E-state index in [1.807, 2.05) is 39.0 Å². The average molecular weight is 346 g/mol. The van der Waals surface area contributed by atoms with Crippen molar-refractivity contribution in [1.29, 1.82) is 0 Å². The maximum absolute atomic E-state index is 12.4. The lowest BCUT2D eigenvalue weighted by molar-refractivity contribution is -0.925. The zero-order chi connectivity index (χ0) is 18.6. The molecule has 0 saturated carbocycles. The van der Waals surface area contributed by atoms with E-state index in [4.69, 9.17) is 0 Å². The molecule has 1 aromatic carbocycles. The number of para-hydroxylation sites is 1. The fraction of sp³-hybridized carbons (Fsp3) is 0.600. The second-order valence-corrected chi connectivity index (χ2v) is 7.77. The summed E-state index contributed by atoms with van der Waals surface area (Å²) in [6.45, 7) is 12.4. The van der Waals surface area contributed by atoms with Crippen molar-refractivity contribution >= 4 is 17.5 Å². The molecular weight excluding hydrogens is 314 g/mol. The van der Waals surface area contributed by atoms with Crippen molar-refractivity contribution in [1.82, 2.24) is 5.32 Å². The van der Waals surface area contributed by atoms with Gasteiger partial charge < -0.3 is 15.5 Å². The predicted octanol–water partition coefficient (Wildman–Crippen LogP) is 1.31. The molecule has 2 rings (SSSR count). The van der Waals surface area contributed by atoms with Gasteiger partial charge in [0, 0.05) is 17.5 Å². The first-order valence-electron chi connectivity index (χ1n) is 9.26. The second-order valence-electron chi connectivity index (χ2n) is 7.77. The molecule has 0 radical (unpaired) electrons. The van der Waals surface area contributed by atoms with Crippen molar-refractivity contribution in [3.05, 3.63) is 29.3 Å². The molecule has 25 heavy (non-hydrogen) atoms. The molecule has 3 atom stereocenters. The number of carbonyl (C=O) groups is 2. The summed E-state index contributed by atoms with van der Waals surface area (Å²) in [6, 6.07) is 5.77. The minimum Gasteiger partial charge on any atom is -0.342 e. The predicted molar refractivity (Wildman–Crippen MR) is 101 cm³/mol. The van der Waals surface area contributed by atoms with Crippen LogP contribution in [0.4, 0.5) is 5.69 Å². The molecule has 1 heterocycles. The summed E-state index contributed by atoms with van der Waals surface area (Å²) in [5, 5.41) is 5.70. The Bertz CT molecular complexity index is 599. The number of amides is 2. The number of aryl methyl sites for hydroxylation is 2. The smallest absolute Gasteiger partial charge is 0.278 e. The highest BCUT2D eigenvalue weighted by Crippen LogP contribution is 2.19. The molecule has 0 bridgehead atoms. The molecule has 0 unspecified atom stereocenters. The van der Waals surface area contributed by atoms with Gasteiger partial charge in [0.2, 0.25) is 5.91 Å². The van der Waals surface area contributed by atoms with E-state index < -0.39 is 0 Å². The minimum atomic E-state index is -0.187. The number of nitrogens with one attached hydrogen (secondary N) is 3. The van der Waals surface area contributed by atoms with Gasteiger partial charge in [-0.2, -0.15) is 0 Å². The van der Waals surface area contributed by atoms with E-state index in [-0.39, 0.29) is 24.4 Å². The summed E-state index contributed by atoms with van der Waals surface area (Å²) in [5.74, 6) is 1.05. The summed E-state index contributed by atoms with van der Waals surface area (Å²) in [6.07, 6.45) is 1.23. The van der Waals surface area contributed by atoms with Gasteiger partial charge in [0.15, 0.2) is 6.04 Å². The third-order valence-corrected chi connectivity index (χ3v) is 5.20. The molecule has 2 amide bonds. The summed E-state index contributed by atoms with van der Waals surface area (Å²) in [7, 11) is 0. The van der Waals surface area contributed by atoms with Crippen LogP contribution in [0.1, 0.15) is 38.3 Å². The molecular formula is C20H32N3O2+. The van der Waals surface area contributed by atoms with Crippen LogP contribution in [0.2, 0.25) is 0 Å². The van der Waals surface area contributed by atoms with Gasteiger partial charge in [0.05, 0.1) is 19.6 Å². The van der Waals surface area contributed by atoms with Crippen LogP contribution in [0.3, 0.4) is 0 Å². The molecule has 138 valence electrons. The lowest BCUT2D eigenvalue weighted by Crippen LogP contribution is -3.18. The SMILES string of the molecule is Cc1cccc(C)c1NC(=O)CNC(=O)[C@H](C)[NH+]1C[C@@H](C)C[C@H](C)C1. The van der Waals surface area contributed by atoms with Crippen molar-refractivity contribution in [3.8, 4) is 0 Å². The number of carbonyl (C=O) groups excluding carboxylic acids is 2. The van der Waals surface area contributed by atoms with Crippen LogP contribution in [0, 0.1) is 25.7 Å². The van der Waals surface area contributed by atoms with E-state index in [1.165, 1.54) is 11.3 Å². The van der Waals surface area contributed by atoms with Gasteiger partial charge in [-0.15, -0.1) is 0 Å². The summed E-state index contributed by atoms with van der Waals surface area (Å²) < 4.78 is 0. The van der Waals surface area contributed by atoms with Crippen molar-refractivity contribution in [2.75, 3.05) is 25.0 Å². The van der Waals surface area contributed by atoms with Crippen molar-refractivity contribution < 1.29 is 14.5 Å². The third kappa shape index (κ3) is 5.30. The highest BCUT2D eigenvalue weighted by Gasteiger charge is 2.32. The number of rotatable bonds is 5. The van der Waals surface area contributed by atoms with Crippen molar-refractivity contribution in [2.24, 2.45) is 11.8 Å². The number of hydrogen-bond donors (Lipinski definition) is 3. The summed E-state index contributed by atoms with van der Waals surface area (Å²) in [5.41, 5.74) is 2.88. The molecule has 5 heteroatoms. The van der Waals surface area contributed by atoms with Gasteiger partial charge in [-0.05, 0) is 38.3 Å². The quantitative estimate of drug-likeness (QED) is 0.753. The number of hydrogen-bond acceptors (Lipinski definition) is 2. The Labute approximate surface area is 151 Å². The molecule has 1 aliphatic heterocycles. The van der Waals surface area contributed by atoms with Gasteiger partial charge >= 0.3 is 0 Å². The van der Waals surface area contributed by atoms with E-state index in [2.05, 4.69) is 24.5 Å². The van der Waals surface area contributed by atoms with Crippen LogP contribution in [0.5, 0.6) is 0 Å². The van der Waals surface area contributed by atoms with Gasteiger partial charge in [-0.25, -0.2) is 0 Å². The zero-order valence-electron chi connectivity index (χ0n) is 16.1. The molecule has 1 aliphatic rings. The van der Waals surface area contributed by atoms with Crippen LogP contribution < -0.4 is 15.5 Å². The molecule has 1 aromatic rings. The number of likely N-dealkylation sites (tertiary alicyclic amines) is 1.